The van der Waals surface area contributed by atoms with Gasteiger partial charge in [-0.15, -0.1) is 11.3 Å². The zero-order valence-corrected chi connectivity index (χ0v) is 8.33. The number of fused-ring (bicyclic) bond motifs is 1. The van der Waals surface area contributed by atoms with Gasteiger partial charge in [0, 0.05) is 7.05 Å². The largest absolute Gasteiger partial charge is 0.328 e. The molecule has 2 heterocycles. The molecule has 78 valence electrons. The van der Waals surface area contributed by atoms with Gasteiger partial charge < -0.3 is 4.98 Å². The van der Waals surface area contributed by atoms with Gasteiger partial charge in [0.2, 0.25) is 0 Å². The molecule has 0 amide bonds. The minimum absolute atomic E-state index is 0.00176. The zero-order chi connectivity index (χ0) is 11.2. The molecule has 0 saturated carbocycles. The predicted octanol–water partition coefficient (Wildman–Crippen LogP) is 0.196. The number of hydrogen-bond donors (Lipinski definition) is 1. The molecule has 2 aromatic heterocycles. The first-order valence-electron chi connectivity index (χ1n) is 3.87. The highest BCUT2D eigenvalue weighted by molar-refractivity contribution is 7.17. The molecule has 0 aromatic carbocycles. The Morgan fingerprint density at radius 3 is 2.80 bits per heavy atom. The van der Waals surface area contributed by atoms with E-state index in [1.807, 2.05) is 0 Å². The average Bonchev–Trinajstić information content (AvgIpc) is 2.58. The van der Waals surface area contributed by atoms with E-state index in [-0.39, 0.29) is 15.9 Å². The lowest BCUT2D eigenvalue weighted by molar-refractivity contribution is -0.382. The van der Waals surface area contributed by atoms with Crippen molar-refractivity contribution in [1.29, 1.82) is 0 Å². The van der Waals surface area contributed by atoms with Crippen LogP contribution < -0.4 is 11.2 Å². The third kappa shape index (κ3) is 1.26. The number of aromatic nitrogens is 2. The summed E-state index contributed by atoms with van der Waals surface area (Å²) < 4.78 is 1.06. The Hall–Kier alpha value is -1.96. The van der Waals surface area contributed by atoms with Crippen molar-refractivity contribution < 1.29 is 4.92 Å². The number of H-pyrrole nitrogens is 1. The van der Waals surface area contributed by atoms with Gasteiger partial charge in [0.15, 0.2) is 0 Å². The molecule has 15 heavy (non-hydrogen) atoms. The standard InChI is InChI=1S/C7H5N3O4S/c1-9-6(11)5-4(8-7(9)12)3(2-15-5)10(13)14/h2H,1H3,(H,8,12). The van der Waals surface area contributed by atoms with Crippen LogP contribution in [-0.2, 0) is 7.05 Å². The summed E-state index contributed by atoms with van der Waals surface area (Å²) in [5, 5.41) is 11.8. The molecule has 2 rings (SSSR count). The van der Waals surface area contributed by atoms with E-state index >= 15 is 0 Å². The van der Waals surface area contributed by atoms with E-state index in [9.17, 15) is 19.7 Å². The Bertz CT molecular complexity index is 665. The first-order chi connectivity index (χ1) is 7.02. The number of hydrogen-bond acceptors (Lipinski definition) is 5. The SMILES string of the molecule is Cn1c(=O)[nH]c2c([N+](=O)[O-])csc2c1=O. The zero-order valence-electron chi connectivity index (χ0n) is 7.51. The summed E-state index contributed by atoms with van der Waals surface area (Å²) in [6.45, 7) is 0. The van der Waals surface area contributed by atoms with Crippen LogP contribution in [0.2, 0.25) is 0 Å². The van der Waals surface area contributed by atoms with Gasteiger partial charge >= 0.3 is 11.4 Å². The normalized spacial score (nSPS) is 10.7. The highest BCUT2D eigenvalue weighted by atomic mass is 32.1. The molecule has 8 heteroatoms. The second-order valence-corrected chi connectivity index (χ2v) is 3.76. The third-order valence-corrected chi connectivity index (χ3v) is 2.96. The summed E-state index contributed by atoms with van der Waals surface area (Å²) >= 11 is 0.947. The van der Waals surface area contributed by atoms with Gasteiger partial charge in [0.25, 0.3) is 5.56 Å². The van der Waals surface area contributed by atoms with Crippen molar-refractivity contribution >= 4 is 27.2 Å². The summed E-state index contributed by atoms with van der Waals surface area (Å²) in [7, 11) is 1.31. The van der Waals surface area contributed by atoms with Crippen molar-refractivity contribution in [3.05, 3.63) is 36.3 Å². The lowest BCUT2D eigenvalue weighted by Gasteiger charge is -1.94. The molecule has 0 radical (unpaired) electrons. The van der Waals surface area contributed by atoms with E-state index in [0.29, 0.717) is 0 Å². The number of thiophene rings is 1. The minimum atomic E-state index is -0.658. The molecule has 0 bridgehead atoms. The molecule has 0 aliphatic heterocycles. The molecule has 2 aromatic rings. The van der Waals surface area contributed by atoms with Crippen LogP contribution >= 0.6 is 11.3 Å². The molecule has 0 saturated heterocycles. The van der Waals surface area contributed by atoms with Gasteiger partial charge in [-0.05, 0) is 0 Å². The van der Waals surface area contributed by atoms with Crippen molar-refractivity contribution in [2.75, 3.05) is 0 Å². The number of nitrogens with zero attached hydrogens (tertiary/aromatic N) is 2. The summed E-state index contributed by atoms with van der Waals surface area (Å²) in [4.78, 5) is 35.0. The second-order valence-electron chi connectivity index (χ2n) is 2.88. The number of aromatic amines is 1. The molecule has 0 fully saturated rings. The molecule has 0 unspecified atom stereocenters. The topological polar surface area (TPSA) is 98.0 Å². The third-order valence-electron chi connectivity index (χ3n) is 2.00. The van der Waals surface area contributed by atoms with Gasteiger partial charge in [0.1, 0.15) is 10.2 Å². The monoisotopic (exact) mass is 227 g/mol. The lowest BCUT2D eigenvalue weighted by Crippen LogP contribution is -2.31. The van der Waals surface area contributed by atoms with Crippen molar-refractivity contribution in [3.8, 4) is 0 Å². The quantitative estimate of drug-likeness (QED) is 0.555. The lowest BCUT2D eigenvalue weighted by atomic mass is 10.4. The van der Waals surface area contributed by atoms with E-state index < -0.39 is 16.2 Å². The van der Waals surface area contributed by atoms with Crippen molar-refractivity contribution in [3.63, 3.8) is 0 Å². The fraction of sp³-hybridized carbons (Fsp3) is 0.143. The summed E-state index contributed by atoms with van der Waals surface area (Å²) in [5.41, 5.74) is -1.43. The molecule has 0 aliphatic carbocycles. The average molecular weight is 227 g/mol. The van der Waals surface area contributed by atoms with E-state index in [4.69, 9.17) is 0 Å². The van der Waals surface area contributed by atoms with Crippen LogP contribution in [0.4, 0.5) is 5.69 Å². The minimum Gasteiger partial charge on any atom is -0.300 e. The van der Waals surface area contributed by atoms with Crippen LogP contribution in [0.1, 0.15) is 0 Å². The van der Waals surface area contributed by atoms with E-state index in [1.165, 1.54) is 12.4 Å². The van der Waals surface area contributed by atoms with Crippen molar-refractivity contribution in [1.82, 2.24) is 9.55 Å². The molecular formula is C7H5N3O4S. The fourth-order valence-electron chi connectivity index (χ4n) is 1.20. The van der Waals surface area contributed by atoms with Crippen LogP contribution in [0.25, 0.3) is 10.2 Å². The summed E-state index contributed by atoms with van der Waals surface area (Å²) in [6, 6.07) is 0. The van der Waals surface area contributed by atoms with Crippen molar-refractivity contribution in [2.45, 2.75) is 0 Å². The highest BCUT2D eigenvalue weighted by Gasteiger charge is 2.18. The Balaban J connectivity index is 3.02. The summed E-state index contributed by atoms with van der Waals surface area (Å²) in [5.74, 6) is 0. The molecule has 1 N–H and O–H groups in total. The molecule has 0 aliphatic rings. The van der Waals surface area contributed by atoms with Crippen LogP contribution in [-0.4, -0.2) is 14.5 Å². The maximum Gasteiger partial charge on any atom is 0.328 e. The number of rotatable bonds is 1. The van der Waals surface area contributed by atoms with Gasteiger partial charge in [-0.3, -0.25) is 19.5 Å². The highest BCUT2D eigenvalue weighted by Crippen LogP contribution is 2.26. The Labute approximate surface area is 85.7 Å². The fourth-order valence-corrected chi connectivity index (χ4v) is 2.14. The second kappa shape index (κ2) is 3.02. The van der Waals surface area contributed by atoms with E-state index in [2.05, 4.69) is 4.98 Å². The smallest absolute Gasteiger partial charge is 0.300 e. The van der Waals surface area contributed by atoms with E-state index in [1.54, 1.807) is 0 Å². The van der Waals surface area contributed by atoms with Crippen LogP contribution in [0, 0.1) is 10.1 Å². The van der Waals surface area contributed by atoms with E-state index in [0.717, 1.165) is 15.9 Å². The molecule has 0 atom stereocenters. The Kier molecular flexibility index (Phi) is 1.93. The summed E-state index contributed by atoms with van der Waals surface area (Å²) in [6.07, 6.45) is 0. The van der Waals surface area contributed by atoms with Gasteiger partial charge in [-0.25, -0.2) is 4.79 Å². The molecule has 7 nitrogen and oxygen atoms in total. The predicted molar refractivity (Wildman–Crippen MR) is 54.3 cm³/mol. The number of nitrogens with one attached hydrogen (secondary N) is 1. The molecule has 0 spiro atoms. The molecular weight excluding hydrogens is 222 g/mol. The van der Waals surface area contributed by atoms with Gasteiger partial charge in [-0.1, -0.05) is 0 Å². The van der Waals surface area contributed by atoms with Crippen LogP contribution in [0.15, 0.2) is 15.0 Å². The first kappa shape index (κ1) is 9.59. The van der Waals surface area contributed by atoms with Gasteiger partial charge in [-0.2, -0.15) is 0 Å². The van der Waals surface area contributed by atoms with Crippen LogP contribution in [0.5, 0.6) is 0 Å². The number of nitro groups is 1. The van der Waals surface area contributed by atoms with Crippen molar-refractivity contribution in [2.24, 2.45) is 7.05 Å². The maximum absolute atomic E-state index is 11.5. The maximum atomic E-state index is 11.5. The Morgan fingerprint density at radius 2 is 2.20 bits per heavy atom. The van der Waals surface area contributed by atoms with Gasteiger partial charge in [0.05, 0.1) is 10.3 Å². The Morgan fingerprint density at radius 1 is 1.53 bits per heavy atom. The van der Waals surface area contributed by atoms with Crippen LogP contribution in [0.3, 0.4) is 0 Å². The first-order valence-corrected chi connectivity index (χ1v) is 4.75.